The van der Waals surface area contributed by atoms with E-state index >= 15 is 0 Å². The number of ether oxygens (including phenoxy) is 1. The lowest BCUT2D eigenvalue weighted by molar-refractivity contribution is 0.0950. The Balaban J connectivity index is 1.44. The van der Waals surface area contributed by atoms with Crippen molar-refractivity contribution in [3.8, 4) is 16.9 Å². The number of H-pyrrole nitrogens is 1. The van der Waals surface area contributed by atoms with Gasteiger partial charge in [0, 0.05) is 30.6 Å². The molecule has 0 fully saturated rings. The first-order valence-corrected chi connectivity index (χ1v) is 14.6. The van der Waals surface area contributed by atoms with Crippen molar-refractivity contribution >= 4 is 27.4 Å². The van der Waals surface area contributed by atoms with Crippen LogP contribution in [0.15, 0.2) is 88.9 Å². The largest absolute Gasteiger partial charge is 0.492 e. The van der Waals surface area contributed by atoms with Gasteiger partial charge in [-0.3, -0.25) is 10.2 Å². The van der Waals surface area contributed by atoms with Crippen LogP contribution in [-0.2, 0) is 16.4 Å². The van der Waals surface area contributed by atoms with Gasteiger partial charge in [-0.1, -0.05) is 24.3 Å². The minimum absolute atomic E-state index is 0.118. The second kappa shape index (κ2) is 12.6. The average molecular weight is 576 g/mol. The smallest absolute Gasteiger partial charge is 0.251 e. The molecule has 1 amide bonds. The number of guanidine groups is 1. The number of carbonyl (C=O) groups is 1. The summed E-state index contributed by atoms with van der Waals surface area (Å²) in [6, 6.07) is 19.4. The molecule has 41 heavy (non-hydrogen) atoms. The molecule has 0 saturated carbocycles. The number of hydrogen-bond donors (Lipinski definition) is 4. The lowest BCUT2D eigenvalue weighted by atomic mass is 10.0. The Morgan fingerprint density at radius 1 is 1.02 bits per heavy atom. The number of aromatic nitrogens is 1. The number of carbonyl (C=O) groups excluding carboxylic acids is 1. The number of hydrogen-bond acceptors (Lipinski definition) is 5. The molecule has 212 valence electrons. The molecular weight excluding hydrogens is 545 g/mol. The zero-order valence-electron chi connectivity index (χ0n) is 22.8. The van der Waals surface area contributed by atoms with E-state index in [9.17, 15) is 17.6 Å². The van der Waals surface area contributed by atoms with Gasteiger partial charge in [-0.25, -0.2) is 12.8 Å². The summed E-state index contributed by atoms with van der Waals surface area (Å²) in [6.45, 7) is 4.25. The fourth-order valence-corrected chi connectivity index (χ4v) is 4.67. The zero-order valence-corrected chi connectivity index (χ0v) is 23.6. The topological polar surface area (TPSA) is 136 Å². The van der Waals surface area contributed by atoms with Crippen LogP contribution < -0.4 is 20.9 Å². The number of anilines is 1. The average Bonchev–Trinajstić information content (AvgIpc) is 2.93. The van der Waals surface area contributed by atoms with Crippen LogP contribution in [0.5, 0.6) is 5.75 Å². The van der Waals surface area contributed by atoms with Crippen LogP contribution in [0.1, 0.15) is 28.4 Å². The molecule has 4 N–H and O–H groups in total. The van der Waals surface area contributed by atoms with E-state index < -0.39 is 9.84 Å². The van der Waals surface area contributed by atoms with E-state index in [1.165, 1.54) is 30.3 Å². The molecule has 0 radical (unpaired) electrons. The SMILES string of the molecule is CCOc1cc(S(C)(=O)=O)ccc1NC(=N)/N=c1/ccc(-c2ccc(C(=O)NCc3ccc(F)cc3)c(C)c2)c[nH]1. The van der Waals surface area contributed by atoms with E-state index in [2.05, 4.69) is 20.6 Å². The molecule has 3 aromatic carbocycles. The number of benzene rings is 3. The summed E-state index contributed by atoms with van der Waals surface area (Å²) in [5.74, 6) is -0.412. The molecule has 0 aliphatic heterocycles. The highest BCUT2D eigenvalue weighted by Gasteiger charge is 2.13. The van der Waals surface area contributed by atoms with Crippen molar-refractivity contribution in [3.05, 3.63) is 107 Å². The van der Waals surface area contributed by atoms with Crippen molar-refractivity contribution in [2.24, 2.45) is 4.99 Å². The number of aryl methyl sites for hydroxylation is 1. The standard InChI is InChI=1S/C30H30FN5O4S/c1-4-40-27-16-24(41(3,38)39)11-13-26(27)35-30(32)36-28-14-8-22(18-33-28)21-7-12-25(19(2)15-21)29(37)34-17-20-5-9-23(31)10-6-20/h5-16,18H,4,17H2,1-3H3,(H,34,37)(H3,32,33,35,36). The molecule has 0 unspecified atom stereocenters. The summed E-state index contributed by atoms with van der Waals surface area (Å²) in [7, 11) is -3.41. The molecule has 0 saturated heterocycles. The normalized spacial score (nSPS) is 11.7. The third-order valence-corrected chi connectivity index (χ3v) is 7.24. The second-order valence-corrected chi connectivity index (χ2v) is 11.3. The Morgan fingerprint density at radius 2 is 1.76 bits per heavy atom. The Kier molecular flexibility index (Phi) is 8.98. The van der Waals surface area contributed by atoms with Gasteiger partial charge < -0.3 is 20.4 Å². The molecule has 4 aromatic rings. The van der Waals surface area contributed by atoms with E-state index in [4.69, 9.17) is 10.1 Å². The Morgan fingerprint density at radius 3 is 2.39 bits per heavy atom. The highest BCUT2D eigenvalue weighted by atomic mass is 32.2. The third-order valence-electron chi connectivity index (χ3n) is 6.13. The number of amides is 1. The number of aromatic amines is 1. The van der Waals surface area contributed by atoms with Crippen LogP contribution in [0.3, 0.4) is 0 Å². The lowest BCUT2D eigenvalue weighted by Gasteiger charge is -2.12. The predicted molar refractivity (Wildman–Crippen MR) is 156 cm³/mol. The third kappa shape index (κ3) is 7.67. The first-order chi connectivity index (χ1) is 19.5. The first-order valence-electron chi connectivity index (χ1n) is 12.7. The molecule has 11 heteroatoms. The fraction of sp³-hybridized carbons (Fsp3) is 0.167. The molecule has 9 nitrogen and oxygen atoms in total. The summed E-state index contributed by atoms with van der Waals surface area (Å²) in [4.78, 5) is 20.1. The van der Waals surface area contributed by atoms with Crippen LogP contribution in [0.2, 0.25) is 0 Å². The summed E-state index contributed by atoms with van der Waals surface area (Å²) < 4.78 is 42.4. The molecule has 4 rings (SSSR count). The molecule has 0 bridgehead atoms. The molecule has 1 aromatic heterocycles. The van der Waals surface area contributed by atoms with Gasteiger partial charge >= 0.3 is 0 Å². The molecule has 0 aliphatic carbocycles. The van der Waals surface area contributed by atoms with E-state index in [0.717, 1.165) is 28.5 Å². The van der Waals surface area contributed by atoms with Gasteiger partial charge in [0.15, 0.2) is 9.84 Å². The number of sulfone groups is 1. The van der Waals surface area contributed by atoms with Crippen LogP contribution in [0.4, 0.5) is 10.1 Å². The minimum atomic E-state index is -3.41. The Labute approximate surface area is 237 Å². The molecular formula is C30H30FN5O4S. The number of pyridine rings is 1. The van der Waals surface area contributed by atoms with Crippen LogP contribution >= 0.6 is 0 Å². The molecule has 0 aliphatic rings. The van der Waals surface area contributed by atoms with Crippen LogP contribution in [0.25, 0.3) is 11.1 Å². The van der Waals surface area contributed by atoms with Gasteiger partial charge in [0.05, 0.1) is 17.2 Å². The van der Waals surface area contributed by atoms with E-state index in [0.29, 0.717) is 35.6 Å². The van der Waals surface area contributed by atoms with Crippen LogP contribution in [-0.4, -0.2) is 38.1 Å². The fourth-order valence-electron chi connectivity index (χ4n) is 4.03. The number of nitrogens with one attached hydrogen (secondary N) is 4. The Bertz CT molecular complexity index is 1750. The van der Waals surface area contributed by atoms with E-state index in [-0.39, 0.29) is 22.6 Å². The number of nitrogens with zero attached hydrogens (tertiary/aromatic N) is 1. The molecule has 1 heterocycles. The van der Waals surface area contributed by atoms with Crippen molar-refractivity contribution in [1.82, 2.24) is 10.3 Å². The highest BCUT2D eigenvalue weighted by molar-refractivity contribution is 7.90. The predicted octanol–water partition coefficient (Wildman–Crippen LogP) is 4.81. The second-order valence-electron chi connectivity index (χ2n) is 9.25. The monoisotopic (exact) mass is 575 g/mol. The van der Waals surface area contributed by atoms with E-state index in [1.54, 1.807) is 37.4 Å². The van der Waals surface area contributed by atoms with Gasteiger partial charge in [-0.15, -0.1) is 0 Å². The maximum absolute atomic E-state index is 13.1. The first kappa shape index (κ1) is 29.2. The van der Waals surface area contributed by atoms with Crippen molar-refractivity contribution in [3.63, 3.8) is 0 Å². The molecule has 0 atom stereocenters. The van der Waals surface area contributed by atoms with Gasteiger partial charge in [0.1, 0.15) is 17.1 Å². The van der Waals surface area contributed by atoms with Crippen molar-refractivity contribution in [1.29, 1.82) is 5.41 Å². The zero-order chi connectivity index (χ0) is 29.6. The quantitative estimate of drug-likeness (QED) is 0.177. The summed E-state index contributed by atoms with van der Waals surface area (Å²) >= 11 is 0. The summed E-state index contributed by atoms with van der Waals surface area (Å²) in [5, 5.41) is 13.9. The lowest BCUT2D eigenvalue weighted by Crippen LogP contribution is -2.23. The maximum atomic E-state index is 13.1. The van der Waals surface area contributed by atoms with Gasteiger partial charge in [-0.2, -0.15) is 4.99 Å². The van der Waals surface area contributed by atoms with Crippen molar-refractivity contribution < 1.29 is 22.3 Å². The minimum Gasteiger partial charge on any atom is -0.492 e. The van der Waals surface area contributed by atoms with Crippen molar-refractivity contribution in [2.45, 2.75) is 25.3 Å². The summed E-state index contributed by atoms with van der Waals surface area (Å²) in [6.07, 6.45) is 2.87. The van der Waals surface area contributed by atoms with Crippen LogP contribution in [0, 0.1) is 18.2 Å². The van der Waals surface area contributed by atoms with Gasteiger partial charge in [-0.05, 0) is 78.6 Å². The highest BCUT2D eigenvalue weighted by Crippen LogP contribution is 2.28. The number of halogens is 1. The Hall–Kier alpha value is -4.77. The van der Waals surface area contributed by atoms with Gasteiger partial charge in [0.2, 0.25) is 5.96 Å². The van der Waals surface area contributed by atoms with E-state index in [1.807, 2.05) is 25.1 Å². The van der Waals surface area contributed by atoms with Crippen molar-refractivity contribution in [2.75, 3.05) is 18.2 Å². The molecule has 0 spiro atoms. The number of rotatable bonds is 8. The van der Waals surface area contributed by atoms with Gasteiger partial charge in [0.25, 0.3) is 5.91 Å². The maximum Gasteiger partial charge on any atom is 0.251 e. The summed E-state index contributed by atoms with van der Waals surface area (Å²) in [5.41, 5.74) is 4.74.